The van der Waals surface area contributed by atoms with E-state index in [4.69, 9.17) is 9.47 Å². The normalized spacial score (nSPS) is 10.9. The van der Waals surface area contributed by atoms with Crippen LogP contribution in [0.4, 0.5) is 11.4 Å². The third-order valence-corrected chi connectivity index (χ3v) is 4.42. The van der Waals surface area contributed by atoms with E-state index in [1.54, 1.807) is 39.2 Å². The number of aryl methyl sites for hydroxylation is 2. The molecule has 0 radical (unpaired) electrons. The number of nitrogens with one attached hydrogen (secondary N) is 2. The summed E-state index contributed by atoms with van der Waals surface area (Å²) in [7, 11) is 3.05. The van der Waals surface area contributed by atoms with Gasteiger partial charge in [0, 0.05) is 11.8 Å². The molecule has 0 aliphatic rings. The summed E-state index contributed by atoms with van der Waals surface area (Å²) in [5, 5.41) is 5.60. The van der Waals surface area contributed by atoms with Crippen molar-refractivity contribution in [2.24, 2.45) is 5.41 Å². The lowest BCUT2D eigenvalue weighted by molar-refractivity contribution is -0.135. The molecule has 2 rings (SSSR count). The first kappa shape index (κ1) is 20.3. The van der Waals surface area contributed by atoms with Crippen molar-refractivity contribution in [3.05, 3.63) is 47.5 Å². The molecule has 2 N–H and O–H groups in total. The van der Waals surface area contributed by atoms with Crippen LogP contribution in [0, 0.1) is 19.3 Å². The van der Waals surface area contributed by atoms with Crippen LogP contribution in [0.25, 0.3) is 0 Å². The van der Waals surface area contributed by atoms with Crippen LogP contribution in [0.5, 0.6) is 11.5 Å². The quantitative estimate of drug-likeness (QED) is 0.756. The standard InChI is InChI=1S/C21H26N2O4/c1-13-7-9-16(14(2)11-13)22-19(24)21(3,4)20(25)23-17-10-8-15(26-5)12-18(17)27-6/h7-12H,1-6H3,(H,22,24)(H,23,25). The van der Waals surface area contributed by atoms with Crippen molar-refractivity contribution in [3.63, 3.8) is 0 Å². The van der Waals surface area contributed by atoms with Crippen molar-refractivity contribution in [3.8, 4) is 11.5 Å². The molecule has 0 saturated heterocycles. The van der Waals surface area contributed by atoms with Gasteiger partial charge in [-0.25, -0.2) is 0 Å². The Balaban J connectivity index is 2.17. The molecule has 2 aromatic carbocycles. The predicted molar refractivity (Wildman–Crippen MR) is 107 cm³/mol. The second-order valence-corrected chi connectivity index (χ2v) is 6.92. The highest BCUT2D eigenvalue weighted by atomic mass is 16.5. The highest BCUT2D eigenvalue weighted by Crippen LogP contribution is 2.31. The average molecular weight is 370 g/mol. The summed E-state index contributed by atoms with van der Waals surface area (Å²) in [5.74, 6) is 0.234. The fourth-order valence-corrected chi connectivity index (χ4v) is 2.52. The first-order valence-corrected chi connectivity index (χ1v) is 8.61. The van der Waals surface area contributed by atoms with Gasteiger partial charge in [-0.3, -0.25) is 9.59 Å². The van der Waals surface area contributed by atoms with Crippen LogP contribution in [0.3, 0.4) is 0 Å². The molecule has 6 nitrogen and oxygen atoms in total. The summed E-state index contributed by atoms with van der Waals surface area (Å²) in [4.78, 5) is 25.5. The van der Waals surface area contributed by atoms with Crippen molar-refractivity contribution in [2.45, 2.75) is 27.7 Å². The third kappa shape index (κ3) is 4.58. The predicted octanol–water partition coefficient (Wildman–Crippen LogP) is 3.92. The molecule has 0 aliphatic heterocycles. The molecule has 0 aromatic heterocycles. The van der Waals surface area contributed by atoms with Gasteiger partial charge in [0.15, 0.2) is 0 Å². The van der Waals surface area contributed by atoms with E-state index in [0.29, 0.717) is 22.9 Å². The number of rotatable bonds is 6. The summed E-state index contributed by atoms with van der Waals surface area (Å²) in [5.41, 5.74) is 1.91. The van der Waals surface area contributed by atoms with Crippen LogP contribution in [0.2, 0.25) is 0 Å². The van der Waals surface area contributed by atoms with Crippen molar-refractivity contribution in [2.75, 3.05) is 24.9 Å². The van der Waals surface area contributed by atoms with E-state index in [-0.39, 0.29) is 5.91 Å². The smallest absolute Gasteiger partial charge is 0.239 e. The third-order valence-electron chi connectivity index (χ3n) is 4.42. The zero-order valence-electron chi connectivity index (χ0n) is 16.6. The topological polar surface area (TPSA) is 76.7 Å². The maximum Gasteiger partial charge on any atom is 0.239 e. The summed E-state index contributed by atoms with van der Waals surface area (Å²) in [6.45, 7) is 7.06. The summed E-state index contributed by atoms with van der Waals surface area (Å²) in [6.07, 6.45) is 0. The fraction of sp³-hybridized carbons (Fsp3) is 0.333. The Morgan fingerprint density at radius 1 is 0.852 bits per heavy atom. The van der Waals surface area contributed by atoms with E-state index in [1.807, 2.05) is 32.0 Å². The van der Waals surface area contributed by atoms with E-state index in [0.717, 1.165) is 11.1 Å². The number of anilines is 2. The van der Waals surface area contributed by atoms with Crippen LogP contribution >= 0.6 is 0 Å². The molecule has 2 amide bonds. The number of methoxy groups -OCH3 is 2. The first-order valence-electron chi connectivity index (χ1n) is 8.61. The molecule has 0 aliphatic carbocycles. The number of benzene rings is 2. The molecule has 2 aromatic rings. The number of hydrogen-bond acceptors (Lipinski definition) is 4. The molecular weight excluding hydrogens is 344 g/mol. The van der Waals surface area contributed by atoms with Gasteiger partial charge >= 0.3 is 0 Å². The van der Waals surface area contributed by atoms with E-state index >= 15 is 0 Å². The minimum absolute atomic E-state index is 0.389. The van der Waals surface area contributed by atoms with Gasteiger partial charge in [-0.1, -0.05) is 17.7 Å². The number of carbonyl (C=O) groups is 2. The first-order chi connectivity index (χ1) is 12.7. The molecule has 0 spiro atoms. The summed E-state index contributed by atoms with van der Waals surface area (Å²) >= 11 is 0. The van der Waals surface area contributed by atoms with Gasteiger partial charge in [0.1, 0.15) is 16.9 Å². The zero-order chi connectivity index (χ0) is 20.2. The van der Waals surface area contributed by atoms with Gasteiger partial charge in [-0.2, -0.15) is 0 Å². The van der Waals surface area contributed by atoms with Crippen LogP contribution < -0.4 is 20.1 Å². The van der Waals surface area contributed by atoms with Crippen molar-refractivity contribution < 1.29 is 19.1 Å². The minimum Gasteiger partial charge on any atom is -0.497 e. The molecule has 6 heteroatoms. The Morgan fingerprint density at radius 2 is 1.44 bits per heavy atom. The number of amides is 2. The maximum absolute atomic E-state index is 12.8. The Kier molecular flexibility index (Phi) is 6.10. The Bertz CT molecular complexity index is 859. The molecule has 0 bridgehead atoms. The van der Waals surface area contributed by atoms with Gasteiger partial charge in [-0.15, -0.1) is 0 Å². The van der Waals surface area contributed by atoms with E-state index in [9.17, 15) is 9.59 Å². The Labute approximate surface area is 159 Å². The monoisotopic (exact) mass is 370 g/mol. The molecule has 0 fully saturated rings. The van der Waals surface area contributed by atoms with Gasteiger partial charge in [0.05, 0.1) is 19.9 Å². The van der Waals surface area contributed by atoms with E-state index < -0.39 is 11.3 Å². The number of hydrogen-bond donors (Lipinski definition) is 2. The molecule has 0 saturated carbocycles. The van der Waals surface area contributed by atoms with Crippen molar-refractivity contribution in [1.82, 2.24) is 0 Å². The van der Waals surface area contributed by atoms with Crippen LogP contribution in [-0.2, 0) is 9.59 Å². The number of carbonyl (C=O) groups excluding carboxylic acids is 2. The van der Waals surface area contributed by atoms with E-state index in [1.165, 1.54) is 7.11 Å². The summed E-state index contributed by atoms with van der Waals surface area (Å²) < 4.78 is 10.4. The molecule has 144 valence electrons. The van der Waals surface area contributed by atoms with Gasteiger partial charge in [-0.05, 0) is 51.5 Å². The Hall–Kier alpha value is -3.02. The molecule has 27 heavy (non-hydrogen) atoms. The van der Waals surface area contributed by atoms with Crippen molar-refractivity contribution in [1.29, 1.82) is 0 Å². The summed E-state index contributed by atoms with van der Waals surface area (Å²) in [6, 6.07) is 10.8. The van der Waals surface area contributed by atoms with Crippen LogP contribution in [0.1, 0.15) is 25.0 Å². The number of ether oxygens (including phenoxy) is 2. The van der Waals surface area contributed by atoms with Gasteiger partial charge in [0.2, 0.25) is 11.8 Å². The lowest BCUT2D eigenvalue weighted by atomic mass is 9.90. The maximum atomic E-state index is 12.8. The molecule has 0 atom stereocenters. The second kappa shape index (κ2) is 8.12. The largest absolute Gasteiger partial charge is 0.497 e. The van der Waals surface area contributed by atoms with Crippen molar-refractivity contribution >= 4 is 23.2 Å². The van der Waals surface area contributed by atoms with Crippen LogP contribution in [0.15, 0.2) is 36.4 Å². The van der Waals surface area contributed by atoms with Crippen LogP contribution in [-0.4, -0.2) is 26.0 Å². The highest BCUT2D eigenvalue weighted by molar-refractivity contribution is 6.14. The fourth-order valence-electron chi connectivity index (χ4n) is 2.52. The molecular formula is C21H26N2O4. The van der Waals surface area contributed by atoms with Gasteiger partial charge in [0.25, 0.3) is 0 Å². The minimum atomic E-state index is -1.29. The van der Waals surface area contributed by atoms with E-state index in [2.05, 4.69) is 10.6 Å². The average Bonchev–Trinajstić information content (AvgIpc) is 2.64. The second-order valence-electron chi connectivity index (χ2n) is 6.92. The van der Waals surface area contributed by atoms with Gasteiger partial charge < -0.3 is 20.1 Å². The molecule has 0 heterocycles. The SMILES string of the molecule is COc1ccc(NC(=O)C(C)(C)C(=O)Nc2ccc(C)cc2C)c(OC)c1. The zero-order valence-corrected chi connectivity index (χ0v) is 16.6. The lowest BCUT2D eigenvalue weighted by Gasteiger charge is -2.24. The molecule has 0 unspecified atom stereocenters. The Morgan fingerprint density at radius 3 is 2.00 bits per heavy atom. The highest BCUT2D eigenvalue weighted by Gasteiger charge is 2.36. The lowest BCUT2D eigenvalue weighted by Crippen LogP contribution is -2.41.